The summed E-state index contributed by atoms with van der Waals surface area (Å²) in [5.41, 5.74) is 6.94. The topological polar surface area (TPSA) is 114 Å². The lowest BCUT2D eigenvalue weighted by Gasteiger charge is -2.15. The van der Waals surface area contributed by atoms with E-state index in [1.807, 2.05) is 59.2 Å². The van der Waals surface area contributed by atoms with Crippen molar-refractivity contribution in [1.82, 2.24) is 18.7 Å². The Hall–Kier alpha value is -4.05. The molecule has 2 heterocycles. The predicted molar refractivity (Wildman–Crippen MR) is 132 cm³/mol. The molecule has 9 nitrogen and oxygen atoms in total. The zero-order valence-corrected chi connectivity index (χ0v) is 19.7. The zero-order valence-electron chi connectivity index (χ0n) is 18.9. The Morgan fingerprint density at radius 3 is 2.41 bits per heavy atom. The summed E-state index contributed by atoms with van der Waals surface area (Å²) in [6.45, 7) is 0. The van der Waals surface area contributed by atoms with Gasteiger partial charge >= 0.3 is 5.69 Å². The smallest absolute Gasteiger partial charge is 0.332 e. The van der Waals surface area contributed by atoms with Gasteiger partial charge < -0.3 is 10.5 Å². The lowest BCUT2D eigenvalue weighted by molar-refractivity contribution is 0.102. The summed E-state index contributed by atoms with van der Waals surface area (Å²) in [5.74, 6) is -0.105. The van der Waals surface area contributed by atoms with Gasteiger partial charge in [0.25, 0.3) is 5.56 Å². The van der Waals surface area contributed by atoms with Crippen LogP contribution in [0.4, 0.5) is 5.82 Å². The standard InChI is InChI=1S/C24H23N5O4S/c1-27-21(25)20(22(31)28(2)24(27)32)18(30)14-34-23-26-13-17(15-9-5-4-6-10-15)29(23)16-11-7-8-12-19(16)33-3/h4-13H,14,25H2,1-3H3. The third-order valence-electron chi connectivity index (χ3n) is 5.45. The van der Waals surface area contributed by atoms with E-state index < -0.39 is 17.0 Å². The predicted octanol–water partition coefficient (Wildman–Crippen LogP) is 2.50. The summed E-state index contributed by atoms with van der Waals surface area (Å²) in [4.78, 5) is 42.2. The van der Waals surface area contributed by atoms with Crippen LogP contribution in [0.2, 0.25) is 0 Å². The van der Waals surface area contributed by atoms with Crippen molar-refractivity contribution in [3.63, 3.8) is 0 Å². The maximum Gasteiger partial charge on any atom is 0.332 e. The van der Waals surface area contributed by atoms with Gasteiger partial charge in [-0.15, -0.1) is 0 Å². The first-order valence-electron chi connectivity index (χ1n) is 10.3. The number of thioether (sulfide) groups is 1. The Morgan fingerprint density at radius 2 is 1.71 bits per heavy atom. The molecule has 0 bridgehead atoms. The molecule has 2 N–H and O–H groups in total. The number of nitrogen functional groups attached to an aromatic ring is 1. The molecule has 0 amide bonds. The van der Waals surface area contributed by atoms with Crippen LogP contribution in [-0.2, 0) is 14.1 Å². The number of carbonyl (C=O) groups is 1. The van der Waals surface area contributed by atoms with Gasteiger partial charge in [-0.3, -0.25) is 23.3 Å². The Kier molecular flexibility index (Phi) is 6.42. The van der Waals surface area contributed by atoms with Crippen molar-refractivity contribution in [2.24, 2.45) is 14.1 Å². The second-order valence-corrected chi connectivity index (χ2v) is 8.42. The zero-order chi connectivity index (χ0) is 24.4. The number of nitrogens with zero attached hydrogens (tertiary/aromatic N) is 4. The lowest BCUT2D eigenvalue weighted by atomic mass is 10.1. The number of methoxy groups -OCH3 is 1. The maximum atomic E-state index is 13.0. The number of Topliss-reactive ketones (excluding diaryl/α,β-unsaturated/α-hetero) is 1. The first-order valence-corrected chi connectivity index (χ1v) is 11.3. The molecule has 0 aliphatic rings. The molecule has 10 heteroatoms. The van der Waals surface area contributed by atoms with Crippen LogP contribution in [0.15, 0.2) is 75.5 Å². The second-order valence-electron chi connectivity index (χ2n) is 7.48. The molecule has 4 rings (SSSR count). The van der Waals surface area contributed by atoms with Crippen LogP contribution in [0, 0.1) is 0 Å². The number of benzene rings is 2. The van der Waals surface area contributed by atoms with Crippen LogP contribution in [0.1, 0.15) is 10.4 Å². The van der Waals surface area contributed by atoms with Crippen LogP contribution < -0.4 is 21.7 Å². The van der Waals surface area contributed by atoms with Gasteiger partial charge in [0.05, 0.1) is 30.4 Å². The number of ketones is 1. The van der Waals surface area contributed by atoms with E-state index in [4.69, 9.17) is 10.5 Å². The number of carbonyl (C=O) groups excluding carboxylic acids is 1. The number of hydrogen-bond acceptors (Lipinski definition) is 7. The molecule has 2 aromatic heterocycles. The molecule has 0 saturated carbocycles. The number of para-hydroxylation sites is 2. The summed E-state index contributed by atoms with van der Waals surface area (Å²) >= 11 is 1.17. The monoisotopic (exact) mass is 477 g/mol. The normalized spacial score (nSPS) is 10.9. The summed E-state index contributed by atoms with van der Waals surface area (Å²) in [7, 11) is 4.32. The molecule has 0 radical (unpaired) electrons. The number of aromatic nitrogens is 4. The molecular weight excluding hydrogens is 454 g/mol. The average molecular weight is 478 g/mol. The third kappa shape index (κ3) is 4.03. The molecule has 174 valence electrons. The van der Waals surface area contributed by atoms with Crippen LogP contribution in [-0.4, -0.2) is 37.3 Å². The van der Waals surface area contributed by atoms with Crippen molar-refractivity contribution in [2.75, 3.05) is 18.6 Å². The first-order chi connectivity index (χ1) is 16.3. The number of rotatable bonds is 7. The highest BCUT2D eigenvalue weighted by atomic mass is 32.2. The Balaban J connectivity index is 1.76. The minimum absolute atomic E-state index is 0.0992. The fourth-order valence-electron chi connectivity index (χ4n) is 3.62. The van der Waals surface area contributed by atoms with Crippen LogP contribution >= 0.6 is 11.8 Å². The highest BCUT2D eigenvalue weighted by Crippen LogP contribution is 2.34. The largest absolute Gasteiger partial charge is 0.495 e. The minimum Gasteiger partial charge on any atom is -0.495 e. The van der Waals surface area contributed by atoms with E-state index in [-0.39, 0.29) is 17.1 Å². The highest BCUT2D eigenvalue weighted by Gasteiger charge is 2.22. The molecule has 0 spiro atoms. The van der Waals surface area contributed by atoms with E-state index >= 15 is 0 Å². The molecular formula is C24H23N5O4S. The summed E-state index contributed by atoms with van der Waals surface area (Å²) in [6.07, 6.45) is 1.73. The van der Waals surface area contributed by atoms with E-state index in [0.29, 0.717) is 10.9 Å². The molecule has 0 fully saturated rings. The molecule has 0 aliphatic heterocycles. The molecule has 0 atom stereocenters. The molecule has 2 aromatic carbocycles. The number of imidazole rings is 1. The fourth-order valence-corrected chi connectivity index (χ4v) is 4.48. The van der Waals surface area contributed by atoms with Gasteiger partial charge in [-0.05, 0) is 12.1 Å². The van der Waals surface area contributed by atoms with Crippen molar-refractivity contribution < 1.29 is 9.53 Å². The van der Waals surface area contributed by atoms with E-state index in [2.05, 4.69) is 4.98 Å². The van der Waals surface area contributed by atoms with E-state index in [1.54, 1.807) is 13.3 Å². The second kappa shape index (κ2) is 9.44. The van der Waals surface area contributed by atoms with Crippen molar-refractivity contribution in [3.8, 4) is 22.7 Å². The molecule has 0 saturated heterocycles. The number of ether oxygens (including phenoxy) is 1. The van der Waals surface area contributed by atoms with Gasteiger partial charge in [-0.25, -0.2) is 9.78 Å². The average Bonchev–Trinajstić information content (AvgIpc) is 3.29. The molecule has 34 heavy (non-hydrogen) atoms. The van der Waals surface area contributed by atoms with E-state index in [0.717, 1.165) is 26.1 Å². The summed E-state index contributed by atoms with van der Waals surface area (Å²) in [5, 5.41) is 0.539. The third-order valence-corrected chi connectivity index (χ3v) is 6.40. The molecule has 0 aliphatic carbocycles. The van der Waals surface area contributed by atoms with Crippen molar-refractivity contribution in [2.45, 2.75) is 5.16 Å². The quantitative estimate of drug-likeness (QED) is 0.321. The Labute approximate surface area is 199 Å². The first kappa shape index (κ1) is 23.1. The van der Waals surface area contributed by atoms with Gasteiger partial charge in [0, 0.05) is 19.7 Å². The summed E-state index contributed by atoms with van der Waals surface area (Å²) in [6, 6.07) is 17.2. The van der Waals surface area contributed by atoms with Crippen LogP contribution in [0.5, 0.6) is 5.75 Å². The van der Waals surface area contributed by atoms with Crippen molar-refractivity contribution in [3.05, 3.63) is 87.2 Å². The highest BCUT2D eigenvalue weighted by molar-refractivity contribution is 7.99. The maximum absolute atomic E-state index is 13.0. The molecule has 0 unspecified atom stereocenters. The van der Waals surface area contributed by atoms with Gasteiger partial charge in [0.1, 0.15) is 17.1 Å². The number of nitrogens with two attached hydrogens (primary N) is 1. The van der Waals surface area contributed by atoms with Gasteiger partial charge in [0.15, 0.2) is 10.9 Å². The number of hydrogen-bond donors (Lipinski definition) is 1. The summed E-state index contributed by atoms with van der Waals surface area (Å²) < 4.78 is 9.43. The van der Waals surface area contributed by atoms with Gasteiger partial charge in [-0.1, -0.05) is 54.2 Å². The van der Waals surface area contributed by atoms with Gasteiger partial charge in [0.2, 0.25) is 0 Å². The van der Waals surface area contributed by atoms with Crippen molar-refractivity contribution in [1.29, 1.82) is 0 Å². The lowest BCUT2D eigenvalue weighted by Crippen LogP contribution is -2.41. The molecule has 4 aromatic rings. The van der Waals surface area contributed by atoms with Gasteiger partial charge in [-0.2, -0.15) is 0 Å². The number of anilines is 1. The minimum atomic E-state index is -0.718. The van der Waals surface area contributed by atoms with Crippen molar-refractivity contribution >= 4 is 23.4 Å². The van der Waals surface area contributed by atoms with E-state index in [1.165, 1.54) is 25.9 Å². The Bertz CT molecular complexity index is 1490. The SMILES string of the molecule is COc1ccccc1-n1c(-c2ccccc2)cnc1SCC(=O)c1c(N)n(C)c(=O)n(C)c1=O. The fraction of sp³-hybridized carbons (Fsp3) is 0.167. The Morgan fingerprint density at radius 1 is 1.03 bits per heavy atom. The van der Waals surface area contributed by atoms with E-state index in [9.17, 15) is 14.4 Å². The van der Waals surface area contributed by atoms with Crippen LogP contribution in [0.3, 0.4) is 0 Å². The van der Waals surface area contributed by atoms with Crippen LogP contribution in [0.25, 0.3) is 16.9 Å².